The van der Waals surface area contributed by atoms with Crippen LogP contribution >= 0.6 is 0 Å². The van der Waals surface area contributed by atoms with Gasteiger partial charge in [-0.3, -0.25) is 4.79 Å². The average molecular weight is 310 g/mol. The van der Waals surface area contributed by atoms with Gasteiger partial charge < -0.3 is 9.84 Å². The van der Waals surface area contributed by atoms with Gasteiger partial charge in [0.15, 0.2) is 0 Å². The van der Waals surface area contributed by atoms with Crippen molar-refractivity contribution in [1.29, 1.82) is 0 Å². The maximum Gasteiger partial charge on any atom is 0.307 e. The summed E-state index contributed by atoms with van der Waals surface area (Å²) < 4.78 is 19.4. The number of ether oxygens (including phenoxy) is 1. The van der Waals surface area contributed by atoms with Gasteiger partial charge in [0, 0.05) is 5.39 Å². The summed E-state index contributed by atoms with van der Waals surface area (Å²) in [7, 11) is 0. The van der Waals surface area contributed by atoms with Crippen LogP contribution in [0.1, 0.15) is 11.1 Å². The van der Waals surface area contributed by atoms with Gasteiger partial charge in [-0.15, -0.1) is 0 Å². The van der Waals surface area contributed by atoms with E-state index in [9.17, 15) is 9.18 Å². The molecule has 3 rings (SSSR count). The molecule has 0 saturated heterocycles. The topological polar surface area (TPSA) is 46.5 Å². The molecule has 3 nitrogen and oxygen atoms in total. The number of hydrogen-bond acceptors (Lipinski definition) is 2. The quantitative estimate of drug-likeness (QED) is 0.769. The minimum Gasteiger partial charge on any atom is -0.488 e. The molecule has 3 aromatic carbocycles. The Hall–Kier alpha value is -2.88. The van der Waals surface area contributed by atoms with Gasteiger partial charge in [-0.2, -0.15) is 0 Å². The van der Waals surface area contributed by atoms with Gasteiger partial charge in [0.2, 0.25) is 0 Å². The molecule has 0 atom stereocenters. The van der Waals surface area contributed by atoms with E-state index in [1.807, 2.05) is 30.3 Å². The minimum absolute atomic E-state index is 0.102. The van der Waals surface area contributed by atoms with Gasteiger partial charge >= 0.3 is 5.97 Å². The average Bonchev–Trinajstić information content (AvgIpc) is 2.53. The Morgan fingerprint density at radius 3 is 2.52 bits per heavy atom. The van der Waals surface area contributed by atoms with Crippen molar-refractivity contribution in [2.24, 2.45) is 0 Å². The number of benzene rings is 3. The molecule has 1 N–H and O–H groups in total. The predicted octanol–water partition coefficient (Wildman–Crippen LogP) is 4.19. The van der Waals surface area contributed by atoms with Crippen molar-refractivity contribution in [3.63, 3.8) is 0 Å². The first-order chi connectivity index (χ1) is 11.1. The molecule has 0 aromatic heterocycles. The van der Waals surface area contributed by atoms with Crippen molar-refractivity contribution in [1.82, 2.24) is 0 Å². The number of carboxylic acids is 1. The number of carboxylic acid groups (broad SMARTS) is 1. The molecule has 0 aliphatic rings. The fraction of sp³-hybridized carbons (Fsp3) is 0.105. The first kappa shape index (κ1) is 15.0. The fourth-order valence-electron chi connectivity index (χ4n) is 2.49. The molecule has 0 unspecified atom stereocenters. The third kappa shape index (κ3) is 3.66. The second-order valence-corrected chi connectivity index (χ2v) is 5.30. The van der Waals surface area contributed by atoms with Crippen molar-refractivity contribution in [3.8, 4) is 5.75 Å². The lowest BCUT2D eigenvalue weighted by Crippen LogP contribution is -2.02. The molecule has 4 heteroatoms. The predicted molar refractivity (Wildman–Crippen MR) is 86.0 cm³/mol. The zero-order valence-electron chi connectivity index (χ0n) is 12.3. The molecule has 0 bridgehead atoms. The summed E-state index contributed by atoms with van der Waals surface area (Å²) in [5.41, 5.74) is 1.61. The fourth-order valence-corrected chi connectivity index (χ4v) is 2.49. The molecule has 23 heavy (non-hydrogen) atoms. The Bertz CT molecular complexity index is 844. The van der Waals surface area contributed by atoms with Crippen molar-refractivity contribution in [2.75, 3.05) is 0 Å². The third-order valence-electron chi connectivity index (χ3n) is 3.53. The van der Waals surface area contributed by atoms with Gasteiger partial charge in [0.1, 0.15) is 18.2 Å². The van der Waals surface area contributed by atoms with E-state index < -0.39 is 5.97 Å². The van der Waals surface area contributed by atoms with Crippen LogP contribution in [0.25, 0.3) is 10.8 Å². The SMILES string of the molecule is O=C(O)Cc1cc(OCc2ccccc2)c2cc(F)ccc2c1. The lowest BCUT2D eigenvalue weighted by molar-refractivity contribution is -0.136. The zero-order valence-corrected chi connectivity index (χ0v) is 12.3. The number of rotatable bonds is 5. The Morgan fingerprint density at radius 2 is 1.78 bits per heavy atom. The van der Waals surface area contributed by atoms with Gasteiger partial charge in [-0.05, 0) is 34.7 Å². The lowest BCUT2D eigenvalue weighted by atomic mass is 10.0. The molecule has 0 fully saturated rings. The summed E-state index contributed by atoms with van der Waals surface area (Å²) in [5.74, 6) is -0.782. The Kier molecular flexibility index (Phi) is 4.24. The molecule has 3 aromatic rings. The monoisotopic (exact) mass is 310 g/mol. The minimum atomic E-state index is -0.916. The Balaban J connectivity index is 1.98. The van der Waals surface area contributed by atoms with Crippen molar-refractivity contribution < 1.29 is 19.0 Å². The summed E-state index contributed by atoms with van der Waals surface area (Å²) >= 11 is 0. The summed E-state index contributed by atoms with van der Waals surface area (Å²) in [6.07, 6.45) is -0.102. The van der Waals surface area contributed by atoms with Gasteiger partial charge in [0.25, 0.3) is 0 Å². The summed E-state index contributed by atoms with van der Waals surface area (Å²) in [6, 6.07) is 17.4. The van der Waals surface area contributed by atoms with E-state index in [1.165, 1.54) is 12.1 Å². The van der Waals surface area contributed by atoms with Gasteiger partial charge in [-0.25, -0.2) is 4.39 Å². The highest BCUT2D eigenvalue weighted by Crippen LogP contribution is 2.29. The van der Waals surface area contributed by atoms with Gasteiger partial charge in [-0.1, -0.05) is 42.5 Å². The maximum absolute atomic E-state index is 13.5. The van der Waals surface area contributed by atoms with Crippen LogP contribution < -0.4 is 4.74 Å². The Labute approximate surface area is 132 Å². The van der Waals surface area contributed by atoms with Crippen LogP contribution in [0.4, 0.5) is 4.39 Å². The normalized spacial score (nSPS) is 10.7. The van der Waals surface area contributed by atoms with Gasteiger partial charge in [0.05, 0.1) is 6.42 Å². The molecular formula is C19H15FO3. The molecule has 0 radical (unpaired) electrons. The van der Waals surface area contributed by atoms with Crippen LogP contribution in [0, 0.1) is 5.82 Å². The largest absolute Gasteiger partial charge is 0.488 e. The van der Waals surface area contributed by atoms with Crippen LogP contribution in [0.15, 0.2) is 60.7 Å². The highest BCUT2D eigenvalue weighted by Gasteiger charge is 2.09. The summed E-state index contributed by atoms with van der Waals surface area (Å²) in [5, 5.41) is 10.4. The molecule has 116 valence electrons. The summed E-state index contributed by atoms with van der Waals surface area (Å²) in [6.45, 7) is 0.336. The zero-order chi connectivity index (χ0) is 16.2. The van der Waals surface area contributed by atoms with E-state index in [0.29, 0.717) is 23.3 Å². The number of aliphatic carboxylic acids is 1. The molecule has 0 heterocycles. The molecule has 0 aliphatic carbocycles. The van der Waals surface area contributed by atoms with Crippen LogP contribution in [0.3, 0.4) is 0 Å². The molecule has 0 spiro atoms. The second-order valence-electron chi connectivity index (χ2n) is 5.30. The number of hydrogen-bond donors (Lipinski definition) is 1. The number of fused-ring (bicyclic) bond motifs is 1. The second kappa shape index (κ2) is 6.48. The number of carbonyl (C=O) groups is 1. The highest BCUT2D eigenvalue weighted by atomic mass is 19.1. The summed E-state index contributed by atoms with van der Waals surface area (Å²) in [4.78, 5) is 10.9. The molecule has 0 saturated carbocycles. The molecule has 0 aliphatic heterocycles. The Morgan fingerprint density at radius 1 is 1.00 bits per heavy atom. The maximum atomic E-state index is 13.5. The lowest BCUT2D eigenvalue weighted by Gasteiger charge is -2.12. The smallest absolute Gasteiger partial charge is 0.307 e. The third-order valence-corrected chi connectivity index (χ3v) is 3.53. The van der Waals surface area contributed by atoms with Crippen molar-refractivity contribution in [2.45, 2.75) is 13.0 Å². The van der Waals surface area contributed by atoms with Crippen LogP contribution in [0.5, 0.6) is 5.75 Å². The standard InChI is InChI=1S/C19H15FO3/c20-16-7-6-15-8-14(10-19(21)22)9-18(17(15)11-16)23-12-13-4-2-1-3-5-13/h1-9,11H,10,12H2,(H,21,22). The van der Waals surface area contributed by atoms with Crippen molar-refractivity contribution >= 4 is 16.7 Å². The molecule has 0 amide bonds. The first-order valence-corrected chi connectivity index (χ1v) is 7.22. The van der Waals surface area contributed by atoms with Crippen LogP contribution in [0.2, 0.25) is 0 Å². The van der Waals surface area contributed by atoms with E-state index >= 15 is 0 Å². The van der Waals surface area contributed by atoms with E-state index in [0.717, 1.165) is 10.9 Å². The highest BCUT2D eigenvalue weighted by molar-refractivity contribution is 5.90. The first-order valence-electron chi connectivity index (χ1n) is 7.22. The van der Waals surface area contributed by atoms with Crippen LogP contribution in [-0.2, 0) is 17.8 Å². The van der Waals surface area contributed by atoms with E-state index in [4.69, 9.17) is 9.84 Å². The van der Waals surface area contributed by atoms with E-state index in [2.05, 4.69) is 0 Å². The van der Waals surface area contributed by atoms with E-state index in [1.54, 1.807) is 18.2 Å². The van der Waals surface area contributed by atoms with Crippen molar-refractivity contribution in [3.05, 3.63) is 77.6 Å². The van der Waals surface area contributed by atoms with E-state index in [-0.39, 0.29) is 12.2 Å². The number of halogens is 1. The molecular weight excluding hydrogens is 295 g/mol. The van der Waals surface area contributed by atoms with Crippen LogP contribution in [-0.4, -0.2) is 11.1 Å².